The highest BCUT2D eigenvalue weighted by molar-refractivity contribution is 8.17. The molecule has 3 aliphatic rings. The first kappa shape index (κ1) is 26.2. The van der Waals surface area contributed by atoms with Crippen LogP contribution in [-0.2, 0) is 14.3 Å². The normalized spacial score (nSPS) is 21.1. The van der Waals surface area contributed by atoms with E-state index in [4.69, 9.17) is 9.18 Å². The van der Waals surface area contributed by atoms with Crippen molar-refractivity contribution in [1.82, 2.24) is 0 Å². The summed E-state index contributed by atoms with van der Waals surface area (Å²) in [4.78, 5) is 5.08. The molecule has 5 aromatic rings. The lowest BCUT2D eigenvalue weighted by Crippen LogP contribution is -2.49. The van der Waals surface area contributed by atoms with Crippen molar-refractivity contribution < 1.29 is 12.6 Å². The topological polar surface area (TPSA) is 55.7 Å². The van der Waals surface area contributed by atoms with Crippen LogP contribution in [0.3, 0.4) is 0 Å². The fourth-order valence-electron chi connectivity index (χ4n) is 5.68. The molecule has 8 heteroatoms. The van der Waals surface area contributed by atoms with Crippen LogP contribution in [0.25, 0.3) is 26.3 Å². The molecule has 0 bridgehead atoms. The Morgan fingerprint density at radius 3 is 2.21 bits per heavy atom. The predicted molar refractivity (Wildman–Crippen MR) is 176 cm³/mol. The number of thioether (sulfide) groups is 2. The van der Waals surface area contributed by atoms with Crippen LogP contribution in [0.4, 0.5) is 0 Å². The largest absolute Gasteiger partial charge is 0.298 e. The monoisotopic (exact) mass is 621 g/mol. The van der Waals surface area contributed by atoms with E-state index in [0.717, 1.165) is 57.7 Å². The van der Waals surface area contributed by atoms with E-state index in [1.807, 2.05) is 67.6 Å². The lowest BCUT2D eigenvalue weighted by atomic mass is 9.95. The second kappa shape index (κ2) is 9.82. The molecule has 0 saturated heterocycles. The molecule has 0 N–H and O–H groups in total. The highest BCUT2D eigenvalue weighted by Gasteiger charge is 2.57. The Morgan fingerprint density at radius 1 is 0.810 bits per heavy atom. The van der Waals surface area contributed by atoms with Gasteiger partial charge in [-0.2, -0.15) is 8.42 Å². The van der Waals surface area contributed by atoms with E-state index in [1.54, 1.807) is 47.4 Å². The Kier molecular flexibility index (Phi) is 6.14. The van der Waals surface area contributed by atoms with E-state index >= 15 is 0 Å². The van der Waals surface area contributed by atoms with Crippen molar-refractivity contribution in [2.45, 2.75) is 22.0 Å². The maximum absolute atomic E-state index is 14.1. The van der Waals surface area contributed by atoms with Crippen LogP contribution in [0.15, 0.2) is 125 Å². The molecular formula is C34H23NO3S4. The molecule has 4 aromatic carbocycles. The lowest BCUT2D eigenvalue weighted by Gasteiger charge is -2.36. The summed E-state index contributed by atoms with van der Waals surface area (Å²) in [7, 11) is -4.15. The maximum Gasteiger partial charge on any atom is 0.298 e. The molecule has 0 radical (unpaired) electrons. The first-order valence-electron chi connectivity index (χ1n) is 13.5. The molecule has 0 fully saturated rings. The van der Waals surface area contributed by atoms with E-state index in [1.165, 1.54) is 11.8 Å². The van der Waals surface area contributed by atoms with Gasteiger partial charge >= 0.3 is 0 Å². The molecule has 0 spiro atoms. The molecule has 2 atom stereocenters. The van der Waals surface area contributed by atoms with Crippen molar-refractivity contribution in [2.24, 2.45) is 4.99 Å². The predicted octanol–water partition coefficient (Wildman–Crippen LogP) is 6.93. The van der Waals surface area contributed by atoms with Gasteiger partial charge in [0.1, 0.15) is 5.04 Å². The fraction of sp³-hybridized carbons (Fsp3) is 0.0882. The summed E-state index contributed by atoms with van der Waals surface area (Å²) in [5.41, 5.74) is 4.75. The molecule has 42 heavy (non-hydrogen) atoms. The SMILES string of the molecule is Cc1ccc(S(=O)(=O)OC23SC(c4ccccc4)=CC2=c2c(sc4ccccc24)=C2N=C(c4ccccc4)SC23)cc1. The van der Waals surface area contributed by atoms with Crippen LogP contribution < -0.4 is 9.75 Å². The number of aryl methyl sites for hydroxylation is 1. The van der Waals surface area contributed by atoms with E-state index in [9.17, 15) is 8.42 Å². The van der Waals surface area contributed by atoms with Crippen LogP contribution in [0.1, 0.15) is 16.7 Å². The van der Waals surface area contributed by atoms with Gasteiger partial charge in [-0.05, 0) is 36.8 Å². The second-order valence-corrected chi connectivity index (χ2v) is 15.3. The number of hydrogen-bond donors (Lipinski definition) is 0. The molecule has 2 unspecified atom stereocenters. The van der Waals surface area contributed by atoms with Crippen LogP contribution in [0, 0.1) is 6.92 Å². The summed E-state index contributed by atoms with van der Waals surface area (Å²) < 4.78 is 37.0. The minimum atomic E-state index is -4.15. The van der Waals surface area contributed by atoms with E-state index < -0.39 is 15.1 Å². The van der Waals surface area contributed by atoms with Gasteiger partial charge in [0, 0.05) is 31.3 Å². The highest BCUT2D eigenvalue weighted by Crippen LogP contribution is 2.61. The van der Waals surface area contributed by atoms with Crippen LogP contribution in [0.2, 0.25) is 0 Å². The van der Waals surface area contributed by atoms with Gasteiger partial charge in [-0.1, -0.05) is 120 Å². The third kappa shape index (κ3) is 4.08. The minimum absolute atomic E-state index is 0.144. The van der Waals surface area contributed by atoms with Gasteiger partial charge in [0.15, 0.2) is 4.93 Å². The van der Waals surface area contributed by atoms with E-state index in [-0.39, 0.29) is 10.1 Å². The summed E-state index contributed by atoms with van der Waals surface area (Å²) >= 11 is 4.78. The molecule has 1 aliphatic carbocycles. The average molecular weight is 622 g/mol. The summed E-state index contributed by atoms with van der Waals surface area (Å²) in [6.45, 7) is 1.94. The van der Waals surface area contributed by atoms with Crippen molar-refractivity contribution in [3.63, 3.8) is 0 Å². The molecule has 206 valence electrons. The number of benzene rings is 4. The van der Waals surface area contributed by atoms with Crippen molar-refractivity contribution in [3.8, 4) is 0 Å². The number of fused-ring (bicyclic) bond motifs is 6. The number of aliphatic imine (C=N–C) groups is 1. The first-order valence-corrected chi connectivity index (χ1v) is 17.4. The van der Waals surface area contributed by atoms with Gasteiger partial charge in [-0.25, -0.2) is 9.18 Å². The van der Waals surface area contributed by atoms with Gasteiger partial charge in [0.2, 0.25) is 0 Å². The molecule has 1 aromatic heterocycles. The summed E-state index contributed by atoms with van der Waals surface area (Å²) in [6, 6.07) is 35.4. The number of rotatable bonds is 5. The number of hydrogen-bond acceptors (Lipinski definition) is 7. The van der Waals surface area contributed by atoms with Crippen molar-refractivity contribution >= 4 is 76.3 Å². The van der Waals surface area contributed by atoms with Crippen molar-refractivity contribution in [1.29, 1.82) is 0 Å². The smallest absolute Gasteiger partial charge is 0.243 e. The zero-order valence-electron chi connectivity index (χ0n) is 22.4. The van der Waals surface area contributed by atoms with Gasteiger partial charge in [0.05, 0.1) is 20.4 Å². The Labute approximate surface area is 256 Å². The third-order valence-electron chi connectivity index (χ3n) is 7.68. The highest BCUT2D eigenvalue weighted by atomic mass is 32.2. The zero-order valence-corrected chi connectivity index (χ0v) is 25.6. The van der Waals surface area contributed by atoms with Crippen molar-refractivity contribution in [2.75, 3.05) is 0 Å². The average Bonchev–Trinajstić information content (AvgIpc) is 3.72. The molecule has 0 amide bonds. The van der Waals surface area contributed by atoms with Crippen LogP contribution in [-0.4, -0.2) is 23.6 Å². The van der Waals surface area contributed by atoms with E-state index in [0.29, 0.717) is 0 Å². The van der Waals surface area contributed by atoms with Gasteiger partial charge in [-0.15, -0.1) is 11.3 Å². The minimum Gasteiger partial charge on any atom is -0.243 e. The molecule has 2 aliphatic heterocycles. The van der Waals surface area contributed by atoms with Gasteiger partial charge < -0.3 is 0 Å². The van der Waals surface area contributed by atoms with Gasteiger partial charge in [0.25, 0.3) is 10.1 Å². The summed E-state index contributed by atoms with van der Waals surface area (Å²) in [6.07, 6.45) is 2.14. The number of nitrogens with zero attached hydrogens (tertiary/aromatic N) is 1. The van der Waals surface area contributed by atoms with Crippen LogP contribution >= 0.6 is 34.9 Å². The Morgan fingerprint density at radius 2 is 1.48 bits per heavy atom. The molecule has 8 rings (SSSR count). The summed E-state index contributed by atoms with van der Waals surface area (Å²) in [5, 5.41) is 2.58. The summed E-state index contributed by atoms with van der Waals surface area (Å²) in [5.74, 6) is 0. The first-order chi connectivity index (χ1) is 20.4. The maximum atomic E-state index is 14.1. The second-order valence-electron chi connectivity index (χ2n) is 10.4. The molecule has 0 saturated carbocycles. The number of thiophene rings is 1. The Balaban J connectivity index is 1.43. The van der Waals surface area contributed by atoms with Crippen molar-refractivity contribution in [3.05, 3.63) is 142 Å². The van der Waals surface area contributed by atoms with E-state index in [2.05, 4.69) is 30.3 Å². The Bertz CT molecular complexity index is 2190. The lowest BCUT2D eigenvalue weighted by molar-refractivity contribution is 0.243. The standard InChI is InChI=1S/C34H23NO3S4/c1-21-16-18-24(19-17-21)42(36,37)38-34-26(20-28(41-34)22-10-4-2-5-11-22)29-25-14-8-9-15-27(25)39-31(29)30-32(34)40-33(35-30)23-12-6-3-7-13-23/h2-20,32H,1H3. The Hall–Kier alpha value is -3.40. The van der Waals surface area contributed by atoms with Crippen LogP contribution in [0.5, 0.6) is 0 Å². The molecule has 3 heterocycles. The quantitative estimate of drug-likeness (QED) is 0.199. The molecule has 4 nitrogen and oxygen atoms in total. The molecular weight excluding hydrogens is 599 g/mol. The van der Waals surface area contributed by atoms with Gasteiger partial charge in [-0.3, -0.25) is 0 Å². The third-order valence-corrected chi connectivity index (χ3v) is 13.2. The fourth-order valence-corrected chi connectivity index (χ4v) is 11.3. The zero-order chi connectivity index (χ0) is 28.5.